The fraction of sp³-hybridized carbons (Fsp3) is 0.500. The first-order valence-corrected chi connectivity index (χ1v) is 3.61. The number of aliphatic imine (C=N–C) groups is 1. The van der Waals surface area contributed by atoms with Crippen LogP contribution in [0.15, 0.2) is 17.3 Å². The number of rotatable bonds is 3. The quantitative estimate of drug-likeness (QED) is 0.343. The highest BCUT2D eigenvalue weighted by atomic mass is 16.1. The minimum Gasteiger partial charge on any atom is -0.363 e. The molecule has 0 saturated carbocycles. The summed E-state index contributed by atoms with van der Waals surface area (Å²) in [5, 5.41) is 0. The zero-order valence-electron chi connectivity index (χ0n) is 7.98. The normalized spacial score (nSPS) is 11.8. The Bertz CT molecular complexity index is 196. The first-order chi connectivity index (χ1) is 5.61. The van der Waals surface area contributed by atoms with E-state index in [4.69, 9.17) is 0 Å². The zero-order valence-corrected chi connectivity index (χ0v) is 7.98. The van der Waals surface area contributed by atoms with E-state index in [9.17, 15) is 4.79 Å². The molecule has 0 fully saturated rings. The van der Waals surface area contributed by atoms with Gasteiger partial charge in [0.05, 0.1) is 0 Å². The van der Waals surface area contributed by atoms with E-state index in [1.165, 1.54) is 4.90 Å². The van der Waals surface area contributed by atoms with Gasteiger partial charge in [-0.05, 0) is 6.08 Å². The molecule has 0 aromatic rings. The van der Waals surface area contributed by atoms with Crippen LogP contribution in [0.4, 0.5) is 0 Å². The lowest BCUT2D eigenvalue weighted by atomic mass is 10.5. The van der Waals surface area contributed by atoms with E-state index in [2.05, 4.69) is 4.99 Å². The molecule has 0 aromatic heterocycles. The van der Waals surface area contributed by atoms with Gasteiger partial charge >= 0.3 is 0 Å². The molecule has 1 amide bonds. The monoisotopic (exact) mass is 169 g/mol. The van der Waals surface area contributed by atoms with Gasteiger partial charge in [-0.15, -0.1) is 0 Å². The first kappa shape index (κ1) is 10.7. The topological polar surface area (TPSA) is 35.9 Å². The third kappa shape index (κ3) is 3.75. The van der Waals surface area contributed by atoms with Gasteiger partial charge in [0.1, 0.15) is 5.84 Å². The number of hydrogen-bond acceptors (Lipinski definition) is 2. The largest absolute Gasteiger partial charge is 0.363 e. The highest BCUT2D eigenvalue weighted by Crippen LogP contribution is 1.87. The standard InChI is InChI=1S/C8H15N3O/c1-9-8(10(2)3)5-6-11(4)7-12/h5-7H,1-4H3/b6-5-,9-8?. The van der Waals surface area contributed by atoms with Crippen molar-refractivity contribution < 1.29 is 4.79 Å². The van der Waals surface area contributed by atoms with E-state index < -0.39 is 0 Å². The number of carbonyl (C=O) groups is 1. The van der Waals surface area contributed by atoms with Crippen LogP contribution in [0.25, 0.3) is 0 Å². The van der Waals surface area contributed by atoms with Gasteiger partial charge in [-0.2, -0.15) is 0 Å². The van der Waals surface area contributed by atoms with Crippen molar-refractivity contribution in [2.75, 3.05) is 28.2 Å². The molecule has 0 N–H and O–H groups in total. The average Bonchev–Trinajstić information content (AvgIpc) is 2.04. The number of carbonyl (C=O) groups excluding carboxylic acids is 1. The van der Waals surface area contributed by atoms with E-state index in [-0.39, 0.29) is 0 Å². The average molecular weight is 169 g/mol. The molecule has 0 aromatic carbocycles. The van der Waals surface area contributed by atoms with Crippen LogP contribution in [0.2, 0.25) is 0 Å². The molecule has 0 aliphatic heterocycles. The van der Waals surface area contributed by atoms with Crippen molar-refractivity contribution >= 4 is 12.2 Å². The Kier molecular flexibility index (Phi) is 4.76. The van der Waals surface area contributed by atoms with Crippen molar-refractivity contribution in [3.8, 4) is 0 Å². The van der Waals surface area contributed by atoms with Gasteiger partial charge in [0.15, 0.2) is 0 Å². The lowest BCUT2D eigenvalue weighted by Crippen LogP contribution is -2.20. The van der Waals surface area contributed by atoms with Gasteiger partial charge in [0, 0.05) is 34.4 Å². The minimum atomic E-state index is 0.736. The summed E-state index contributed by atoms with van der Waals surface area (Å²) in [6.45, 7) is 0. The maximum Gasteiger partial charge on any atom is 0.213 e. The molecule has 4 nitrogen and oxygen atoms in total. The summed E-state index contributed by atoms with van der Waals surface area (Å²) in [7, 11) is 7.17. The van der Waals surface area contributed by atoms with Crippen LogP contribution in [0.1, 0.15) is 0 Å². The summed E-state index contributed by atoms with van der Waals surface area (Å²) in [4.78, 5) is 17.5. The van der Waals surface area contributed by atoms with Gasteiger partial charge in [-0.25, -0.2) is 0 Å². The molecule has 0 aliphatic rings. The predicted octanol–water partition coefficient (Wildman–Crippen LogP) is 0.178. The third-order valence-corrected chi connectivity index (χ3v) is 1.31. The van der Waals surface area contributed by atoms with Crippen LogP contribution in [-0.2, 0) is 4.79 Å². The van der Waals surface area contributed by atoms with Gasteiger partial charge in [-0.1, -0.05) is 0 Å². The Hall–Kier alpha value is -1.32. The van der Waals surface area contributed by atoms with Crippen LogP contribution in [0.3, 0.4) is 0 Å². The van der Waals surface area contributed by atoms with Crippen molar-refractivity contribution in [1.29, 1.82) is 0 Å². The van der Waals surface area contributed by atoms with Crippen molar-refractivity contribution in [2.24, 2.45) is 4.99 Å². The summed E-state index contributed by atoms with van der Waals surface area (Å²) in [6, 6.07) is 0. The predicted molar refractivity (Wildman–Crippen MR) is 50.0 cm³/mol. The summed E-state index contributed by atoms with van der Waals surface area (Å²) in [5.41, 5.74) is 0. The van der Waals surface area contributed by atoms with E-state index in [0.717, 1.165) is 12.2 Å². The van der Waals surface area contributed by atoms with Crippen molar-refractivity contribution in [3.05, 3.63) is 12.3 Å². The van der Waals surface area contributed by atoms with Crippen LogP contribution < -0.4 is 0 Å². The van der Waals surface area contributed by atoms with Gasteiger partial charge in [0.2, 0.25) is 6.41 Å². The Balaban J connectivity index is 4.21. The summed E-state index contributed by atoms with van der Waals surface area (Å²) in [6.07, 6.45) is 4.17. The van der Waals surface area contributed by atoms with E-state index in [1.54, 1.807) is 26.4 Å². The number of likely N-dealkylation sites (N-methyl/N-ethyl adjacent to an activating group) is 1. The second-order valence-electron chi connectivity index (χ2n) is 2.56. The summed E-state index contributed by atoms with van der Waals surface area (Å²) >= 11 is 0. The van der Waals surface area contributed by atoms with Crippen molar-refractivity contribution in [1.82, 2.24) is 9.80 Å². The Morgan fingerprint density at radius 1 is 1.33 bits per heavy atom. The second-order valence-corrected chi connectivity index (χ2v) is 2.56. The van der Waals surface area contributed by atoms with Gasteiger partial charge in [-0.3, -0.25) is 9.79 Å². The Morgan fingerprint density at radius 2 is 1.92 bits per heavy atom. The minimum absolute atomic E-state index is 0.736. The SMILES string of the molecule is CN=C(/C=C\N(C)C=O)N(C)C. The van der Waals surface area contributed by atoms with Crippen LogP contribution in [-0.4, -0.2) is 50.2 Å². The highest BCUT2D eigenvalue weighted by Gasteiger charge is 1.93. The molecular formula is C8H15N3O. The van der Waals surface area contributed by atoms with Gasteiger partial charge in [0.25, 0.3) is 0 Å². The molecule has 12 heavy (non-hydrogen) atoms. The first-order valence-electron chi connectivity index (χ1n) is 3.61. The van der Waals surface area contributed by atoms with Crippen LogP contribution in [0, 0.1) is 0 Å². The number of amidine groups is 1. The van der Waals surface area contributed by atoms with Crippen LogP contribution >= 0.6 is 0 Å². The third-order valence-electron chi connectivity index (χ3n) is 1.31. The molecule has 0 saturated heterocycles. The second kappa shape index (κ2) is 5.35. The van der Waals surface area contributed by atoms with Crippen molar-refractivity contribution in [3.63, 3.8) is 0 Å². The fourth-order valence-corrected chi connectivity index (χ4v) is 0.643. The van der Waals surface area contributed by atoms with Crippen molar-refractivity contribution in [2.45, 2.75) is 0 Å². The molecule has 0 spiro atoms. The van der Waals surface area contributed by atoms with E-state index in [1.807, 2.05) is 19.0 Å². The van der Waals surface area contributed by atoms with E-state index >= 15 is 0 Å². The summed E-state index contributed by atoms with van der Waals surface area (Å²) in [5.74, 6) is 0.823. The maximum atomic E-state index is 10.2. The smallest absolute Gasteiger partial charge is 0.213 e. The van der Waals surface area contributed by atoms with Crippen LogP contribution in [0.5, 0.6) is 0 Å². The van der Waals surface area contributed by atoms with E-state index in [0.29, 0.717) is 0 Å². The molecule has 0 unspecified atom stereocenters. The number of hydrogen-bond donors (Lipinski definition) is 0. The molecule has 0 rings (SSSR count). The maximum absolute atomic E-state index is 10.2. The molecule has 0 aliphatic carbocycles. The zero-order chi connectivity index (χ0) is 9.56. The molecule has 4 heteroatoms. The van der Waals surface area contributed by atoms with Gasteiger partial charge < -0.3 is 9.80 Å². The molecule has 0 heterocycles. The lowest BCUT2D eigenvalue weighted by Gasteiger charge is -2.11. The highest BCUT2D eigenvalue weighted by molar-refractivity contribution is 5.92. The fourth-order valence-electron chi connectivity index (χ4n) is 0.643. The Labute approximate surface area is 73.2 Å². The molecule has 68 valence electrons. The number of nitrogens with zero attached hydrogens (tertiary/aromatic N) is 3. The Morgan fingerprint density at radius 3 is 2.25 bits per heavy atom. The lowest BCUT2D eigenvalue weighted by molar-refractivity contribution is -0.114. The number of amides is 1. The molecule has 0 bridgehead atoms. The molecule has 0 atom stereocenters. The molecular weight excluding hydrogens is 154 g/mol. The molecule has 0 radical (unpaired) electrons. The summed E-state index contributed by atoms with van der Waals surface area (Å²) < 4.78 is 0.